The lowest BCUT2D eigenvalue weighted by Gasteiger charge is -2.06. The highest BCUT2D eigenvalue weighted by atomic mass is 32.1. The first-order valence-corrected chi connectivity index (χ1v) is 7.32. The molecule has 102 valence electrons. The molecule has 0 saturated heterocycles. The van der Waals surface area contributed by atoms with Crippen molar-refractivity contribution >= 4 is 33.7 Å². The SMILES string of the molecule is c1csc(-c2cc(Nc3ccc4[nH]ncc4c3)ncn2)c1. The number of nitrogens with zero attached hydrogens (tertiary/aromatic N) is 3. The van der Waals surface area contributed by atoms with Gasteiger partial charge in [0.15, 0.2) is 0 Å². The molecule has 3 aromatic heterocycles. The highest BCUT2D eigenvalue weighted by Crippen LogP contribution is 2.25. The van der Waals surface area contributed by atoms with Gasteiger partial charge < -0.3 is 5.32 Å². The second kappa shape index (κ2) is 4.99. The quantitative estimate of drug-likeness (QED) is 0.602. The zero-order valence-electron chi connectivity index (χ0n) is 10.9. The van der Waals surface area contributed by atoms with Crippen LogP contribution in [0.1, 0.15) is 0 Å². The summed E-state index contributed by atoms with van der Waals surface area (Å²) in [6.45, 7) is 0. The van der Waals surface area contributed by atoms with Gasteiger partial charge in [0.05, 0.1) is 22.3 Å². The van der Waals surface area contributed by atoms with Gasteiger partial charge >= 0.3 is 0 Å². The van der Waals surface area contributed by atoms with Crippen LogP contribution in [-0.4, -0.2) is 20.2 Å². The fourth-order valence-electron chi connectivity index (χ4n) is 2.15. The number of nitrogens with one attached hydrogen (secondary N) is 2. The second-order valence-corrected chi connectivity index (χ2v) is 5.51. The van der Waals surface area contributed by atoms with Gasteiger partial charge in [0.25, 0.3) is 0 Å². The summed E-state index contributed by atoms with van der Waals surface area (Å²) < 4.78 is 0. The topological polar surface area (TPSA) is 66.5 Å². The van der Waals surface area contributed by atoms with Crippen LogP contribution < -0.4 is 5.32 Å². The molecule has 4 aromatic rings. The molecule has 0 unspecified atom stereocenters. The summed E-state index contributed by atoms with van der Waals surface area (Å²) in [4.78, 5) is 9.71. The van der Waals surface area contributed by atoms with Crippen molar-refractivity contribution in [3.8, 4) is 10.6 Å². The van der Waals surface area contributed by atoms with E-state index in [9.17, 15) is 0 Å². The van der Waals surface area contributed by atoms with Crippen molar-refractivity contribution in [2.75, 3.05) is 5.32 Å². The highest BCUT2D eigenvalue weighted by molar-refractivity contribution is 7.13. The number of fused-ring (bicyclic) bond motifs is 1. The van der Waals surface area contributed by atoms with Gasteiger partial charge in [-0.1, -0.05) is 6.07 Å². The number of hydrogen-bond donors (Lipinski definition) is 2. The van der Waals surface area contributed by atoms with E-state index in [-0.39, 0.29) is 0 Å². The van der Waals surface area contributed by atoms with E-state index in [0.717, 1.165) is 33.0 Å². The third kappa shape index (κ3) is 2.36. The minimum atomic E-state index is 0.774. The summed E-state index contributed by atoms with van der Waals surface area (Å²) in [5.74, 6) is 0.774. The van der Waals surface area contributed by atoms with E-state index in [1.165, 1.54) is 0 Å². The number of aromatic nitrogens is 4. The molecule has 0 aliphatic rings. The smallest absolute Gasteiger partial charge is 0.134 e. The molecule has 4 rings (SSSR count). The number of anilines is 2. The highest BCUT2D eigenvalue weighted by Gasteiger charge is 2.04. The molecule has 2 N–H and O–H groups in total. The minimum absolute atomic E-state index is 0.774. The molecule has 5 nitrogen and oxygen atoms in total. The van der Waals surface area contributed by atoms with Crippen LogP contribution in [0.15, 0.2) is 54.3 Å². The van der Waals surface area contributed by atoms with Crippen LogP contribution in [0, 0.1) is 0 Å². The third-order valence-electron chi connectivity index (χ3n) is 3.15. The normalized spacial score (nSPS) is 10.9. The molecule has 0 saturated carbocycles. The minimum Gasteiger partial charge on any atom is -0.340 e. The number of benzene rings is 1. The molecule has 6 heteroatoms. The molecule has 0 aliphatic heterocycles. The van der Waals surface area contributed by atoms with Gasteiger partial charge in [0.1, 0.15) is 12.1 Å². The van der Waals surface area contributed by atoms with Gasteiger partial charge in [-0.2, -0.15) is 5.10 Å². The summed E-state index contributed by atoms with van der Waals surface area (Å²) in [6.07, 6.45) is 3.38. The summed E-state index contributed by atoms with van der Waals surface area (Å²) >= 11 is 1.66. The average Bonchev–Trinajstić information content (AvgIpc) is 3.18. The van der Waals surface area contributed by atoms with Gasteiger partial charge in [-0.25, -0.2) is 9.97 Å². The molecule has 21 heavy (non-hydrogen) atoms. The summed E-state index contributed by atoms with van der Waals surface area (Å²) in [5.41, 5.74) is 2.91. The van der Waals surface area contributed by atoms with Gasteiger partial charge in [0, 0.05) is 17.1 Å². The Kier molecular flexibility index (Phi) is 2.86. The zero-order valence-corrected chi connectivity index (χ0v) is 11.8. The number of H-pyrrole nitrogens is 1. The Balaban J connectivity index is 1.66. The van der Waals surface area contributed by atoms with Crippen LogP contribution in [0.2, 0.25) is 0 Å². The van der Waals surface area contributed by atoms with E-state index in [2.05, 4.69) is 25.5 Å². The Morgan fingerprint density at radius 2 is 2.10 bits per heavy atom. The van der Waals surface area contributed by atoms with Crippen molar-refractivity contribution in [1.29, 1.82) is 0 Å². The third-order valence-corrected chi connectivity index (χ3v) is 4.05. The maximum atomic E-state index is 4.31. The van der Waals surface area contributed by atoms with Crippen LogP contribution in [0.4, 0.5) is 11.5 Å². The number of hydrogen-bond acceptors (Lipinski definition) is 5. The maximum Gasteiger partial charge on any atom is 0.134 e. The largest absolute Gasteiger partial charge is 0.340 e. The van der Waals surface area contributed by atoms with Crippen LogP contribution >= 0.6 is 11.3 Å². The van der Waals surface area contributed by atoms with E-state index in [1.54, 1.807) is 23.9 Å². The number of thiophene rings is 1. The average molecular weight is 293 g/mol. The maximum absolute atomic E-state index is 4.31. The van der Waals surface area contributed by atoms with E-state index in [0.29, 0.717) is 0 Å². The first kappa shape index (κ1) is 12.0. The fourth-order valence-corrected chi connectivity index (χ4v) is 2.85. The Labute approximate surface area is 124 Å². The molecule has 0 aliphatic carbocycles. The van der Waals surface area contributed by atoms with E-state index in [1.807, 2.05) is 41.8 Å². The second-order valence-electron chi connectivity index (χ2n) is 4.56. The monoisotopic (exact) mass is 293 g/mol. The molecule has 0 atom stereocenters. The summed E-state index contributed by atoms with van der Waals surface area (Å²) in [6, 6.07) is 12.0. The first-order chi connectivity index (χ1) is 10.4. The Morgan fingerprint density at radius 1 is 1.10 bits per heavy atom. The lowest BCUT2D eigenvalue weighted by atomic mass is 10.2. The molecule has 0 radical (unpaired) electrons. The lowest BCUT2D eigenvalue weighted by molar-refractivity contribution is 1.12. The zero-order chi connectivity index (χ0) is 14.1. The van der Waals surface area contributed by atoms with Crippen molar-refractivity contribution in [3.05, 3.63) is 54.3 Å². The van der Waals surface area contributed by atoms with E-state index in [4.69, 9.17) is 0 Å². The molecule has 0 amide bonds. The summed E-state index contributed by atoms with van der Waals surface area (Å²) in [7, 11) is 0. The first-order valence-electron chi connectivity index (χ1n) is 6.44. The Bertz CT molecular complexity index is 882. The molecule has 0 fully saturated rings. The number of aromatic amines is 1. The van der Waals surface area contributed by atoms with Gasteiger partial charge in [-0.05, 0) is 29.6 Å². The lowest BCUT2D eigenvalue weighted by Crippen LogP contribution is -1.94. The molecule has 0 bridgehead atoms. The molecule has 0 spiro atoms. The van der Waals surface area contributed by atoms with Crippen LogP contribution in [0.5, 0.6) is 0 Å². The van der Waals surface area contributed by atoms with Crippen molar-refractivity contribution in [3.63, 3.8) is 0 Å². The molecule has 1 aromatic carbocycles. The Hall–Kier alpha value is -2.73. The van der Waals surface area contributed by atoms with Gasteiger partial charge in [-0.3, -0.25) is 5.10 Å². The molecule has 3 heterocycles. The fraction of sp³-hybridized carbons (Fsp3) is 0. The van der Waals surface area contributed by atoms with Gasteiger partial charge in [0.2, 0.25) is 0 Å². The predicted octanol–water partition coefficient (Wildman–Crippen LogP) is 3.83. The molecular weight excluding hydrogens is 282 g/mol. The van der Waals surface area contributed by atoms with Crippen LogP contribution in [0.3, 0.4) is 0 Å². The standard InChI is InChI=1S/C15H11N5S/c1-2-14(21-5-1)13-7-15(17-9-16-13)19-11-3-4-12-10(6-11)8-18-20-12/h1-9H,(H,18,20)(H,16,17,19). The van der Waals surface area contributed by atoms with Crippen molar-refractivity contribution in [2.24, 2.45) is 0 Å². The van der Waals surface area contributed by atoms with E-state index < -0.39 is 0 Å². The molecular formula is C15H11N5S. The van der Waals surface area contributed by atoms with Gasteiger partial charge in [-0.15, -0.1) is 11.3 Å². The van der Waals surface area contributed by atoms with Crippen molar-refractivity contribution in [2.45, 2.75) is 0 Å². The van der Waals surface area contributed by atoms with E-state index >= 15 is 0 Å². The van der Waals surface area contributed by atoms with Crippen LogP contribution in [-0.2, 0) is 0 Å². The summed E-state index contributed by atoms with van der Waals surface area (Å²) in [5, 5.41) is 13.4. The number of rotatable bonds is 3. The van der Waals surface area contributed by atoms with Crippen molar-refractivity contribution in [1.82, 2.24) is 20.2 Å². The predicted molar refractivity (Wildman–Crippen MR) is 84.7 cm³/mol. The van der Waals surface area contributed by atoms with Crippen molar-refractivity contribution < 1.29 is 0 Å². The van der Waals surface area contributed by atoms with Crippen LogP contribution in [0.25, 0.3) is 21.5 Å². The Morgan fingerprint density at radius 3 is 3.00 bits per heavy atom.